The van der Waals surface area contributed by atoms with E-state index in [-0.39, 0.29) is 18.1 Å². The van der Waals surface area contributed by atoms with Gasteiger partial charge in [0, 0.05) is 18.1 Å². The first-order valence-corrected chi connectivity index (χ1v) is 7.62. The molecule has 1 fully saturated rings. The Hall–Kier alpha value is -0.770. The molecule has 5 heteroatoms. The SMILES string of the molecule is CC(C)OC1CCN(C(=O)c2ccc(Cl)cc2Cl)CC1. The summed E-state index contributed by atoms with van der Waals surface area (Å²) in [4.78, 5) is 14.2. The maximum Gasteiger partial charge on any atom is 0.255 e. The van der Waals surface area contributed by atoms with Gasteiger partial charge in [-0.05, 0) is 44.9 Å². The van der Waals surface area contributed by atoms with Gasteiger partial charge in [0.25, 0.3) is 5.91 Å². The molecule has 0 bridgehead atoms. The van der Waals surface area contributed by atoms with Crippen LogP contribution in [-0.4, -0.2) is 36.1 Å². The molecule has 0 aliphatic carbocycles. The summed E-state index contributed by atoms with van der Waals surface area (Å²) in [5.41, 5.74) is 0.513. The number of benzene rings is 1. The third-order valence-electron chi connectivity index (χ3n) is 3.36. The number of hydrogen-bond donors (Lipinski definition) is 0. The third kappa shape index (κ3) is 3.87. The molecule has 1 heterocycles. The minimum Gasteiger partial charge on any atom is -0.375 e. The number of nitrogens with zero attached hydrogens (tertiary/aromatic N) is 1. The zero-order valence-electron chi connectivity index (χ0n) is 11.7. The highest BCUT2D eigenvalue weighted by atomic mass is 35.5. The van der Waals surface area contributed by atoms with Crippen molar-refractivity contribution in [1.29, 1.82) is 0 Å². The Morgan fingerprint density at radius 2 is 1.95 bits per heavy atom. The van der Waals surface area contributed by atoms with Crippen LogP contribution in [0.4, 0.5) is 0 Å². The van der Waals surface area contributed by atoms with Gasteiger partial charge >= 0.3 is 0 Å². The smallest absolute Gasteiger partial charge is 0.255 e. The minimum absolute atomic E-state index is 0.0327. The second-order valence-electron chi connectivity index (χ2n) is 5.30. The maximum absolute atomic E-state index is 12.4. The number of ether oxygens (including phenoxy) is 1. The van der Waals surface area contributed by atoms with E-state index < -0.39 is 0 Å². The van der Waals surface area contributed by atoms with Crippen molar-refractivity contribution in [2.24, 2.45) is 0 Å². The molecule has 0 aromatic heterocycles. The molecule has 1 aliphatic heterocycles. The molecule has 0 spiro atoms. The Kier molecular flexibility index (Phi) is 5.30. The van der Waals surface area contributed by atoms with E-state index in [2.05, 4.69) is 0 Å². The molecule has 2 rings (SSSR count). The summed E-state index contributed by atoms with van der Waals surface area (Å²) < 4.78 is 5.78. The largest absolute Gasteiger partial charge is 0.375 e. The van der Waals surface area contributed by atoms with Gasteiger partial charge in [-0.3, -0.25) is 4.79 Å². The van der Waals surface area contributed by atoms with Crippen LogP contribution in [0.25, 0.3) is 0 Å². The number of carbonyl (C=O) groups excluding carboxylic acids is 1. The molecule has 20 heavy (non-hydrogen) atoms. The Bertz CT molecular complexity index is 483. The molecule has 0 N–H and O–H groups in total. The van der Waals surface area contributed by atoms with Crippen LogP contribution in [0.1, 0.15) is 37.0 Å². The predicted molar refractivity (Wildman–Crippen MR) is 81.6 cm³/mol. The molecular formula is C15H19Cl2NO2. The van der Waals surface area contributed by atoms with E-state index in [1.807, 2.05) is 18.7 Å². The molecule has 110 valence electrons. The number of rotatable bonds is 3. The summed E-state index contributed by atoms with van der Waals surface area (Å²) in [5, 5.41) is 0.943. The van der Waals surface area contributed by atoms with Gasteiger partial charge in [-0.1, -0.05) is 23.2 Å². The van der Waals surface area contributed by atoms with E-state index in [0.717, 1.165) is 12.8 Å². The molecule has 1 saturated heterocycles. The zero-order chi connectivity index (χ0) is 14.7. The van der Waals surface area contributed by atoms with Crippen LogP contribution in [0, 0.1) is 0 Å². The predicted octanol–water partition coefficient (Wildman–Crippen LogP) is 4.02. The summed E-state index contributed by atoms with van der Waals surface area (Å²) in [6.45, 7) is 5.47. The fourth-order valence-corrected chi connectivity index (χ4v) is 2.90. The molecule has 1 amide bonds. The van der Waals surface area contributed by atoms with Gasteiger partial charge in [-0.15, -0.1) is 0 Å². The van der Waals surface area contributed by atoms with Gasteiger partial charge in [0.2, 0.25) is 0 Å². The second kappa shape index (κ2) is 6.79. The molecule has 1 aliphatic rings. The van der Waals surface area contributed by atoms with Gasteiger partial charge in [-0.2, -0.15) is 0 Å². The number of piperidine rings is 1. The summed E-state index contributed by atoms with van der Waals surface area (Å²) in [5.74, 6) is -0.0327. The van der Waals surface area contributed by atoms with Gasteiger partial charge in [0.05, 0.1) is 22.8 Å². The second-order valence-corrected chi connectivity index (χ2v) is 6.14. The van der Waals surface area contributed by atoms with Crippen molar-refractivity contribution in [2.45, 2.75) is 38.9 Å². The topological polar surface area (TPSA) is 29.5 Å². The molecule has 0 atom stereocenters. The fourth-order valence-electron chi connectivity index (χ4n) is 2.41. The standard InChI is InChI=1S/C15H19Cl2NO2/c1-10(2)20-12-5-7-18(8-6-12)15(19)13-4-3-11(16)9-14(13)17/h3-4,9-10,12H,5-8H2,1-2H3. The molecule has 1 aromatic rings. The first kappa shape index (κ1) is 15.6. The monoisotopic (exact) mass is 315 g/mol. The molecule has 1 aromatic carbocycles. The van der Waals surface area contributed by atoms with E-state index in [1.54, 1.807) is 18.2 Å². The van der Waals surface area contributed by atoms with Crippen LogP contribution in [0.5, 0.6) is 0 Å². The van der Waals surface area contributed by atoms with Crippen LogP contribution >= 0.6 is 23.2 Å². The van der Waals surface area contributed by atoms with E-state index in [0.29, 0.717) is 28.7 Å². The van der Waals surface area contributed by atoms with Gasteiger partial charge in [-0.25, -0.2) is 0 Å². The summed E-state index contributed by atoms with van der Waals surface area (Å²) in [6.07, 6.45) is 2.22. The molecule has 0 radical (unpaired) electrons. The van der Waals surface area contributed by atoms with Crippen molar-refractivity contribution in [3.63, 3.8) is 0 Å². The molecular weight excluding hydrogens is 297 g/mol. The molecule has 0 unspecified atom stereocenters. The van der Waals surface area contributed by atoms with Crippen molar-refractivity contribution in [2.75, 3.05) is 13.1 Å². The maximum atomic E-state index is 12.4. The minimum atomic E-state index is -0.0327. The lowest BCUT2D eigenvalue weighted by atomic mass is 10.1. The lowest BCUT2D eigenvalue weighted by Crippen LogP contribution is -2.41. The van der Waals surface area contributed by atoms with Crippen LogP contribution in [-0.2, 0) is 4.74 Å². The van der Waals surface area contributed by atoms with Gasteiger partial charge in [0.15, 0.2) is 0 Å². The van der Waals surface area contributed by atoms with Gasteiger partial charge in [0.1, 0.15) is 0 Å². The highest BCUT2D eigenvalue weighted by molar-refractivity contribution is 6.36. The quantitative estimate of drug-likeness (QED) is 0.843. The Morgan fingerprint density at radius 1 is 1.30 bits per heavy atom. The van der Waals surface area contributed by atoms with Crippen molar-refractivity contribution in [3.8, 4) is 0 Å². The van der Waals surface area contributed by atoms with Crippen molar-refractivity contribution in [3.05, 3.63) is 33.8 Å². The van der Waals surface area contributed by atoms with Crippen LogP contribution in [0.15, 0.2) is 18.2 Å². The lowest BCUT2D eigenvalue weighted by Gasteiger charge is -2.33. The van der Waals surface area contributed by atoms with E-state index in [9.17, 15) is 4.79 Å². The highest BCUT2D eigenvalue weighted by Crippen LogP contribution is 2.24. The number of halogens is 2. The normalized spacial score (nSPS) is 16.8. The summed E-state index contributed by atoms with van der Waals surface area (Å²) in [6, 6.07) is 4.98. The highest BCUT2D eigenvalue weighted by Gasteiger charge is 2.25. The van der Waals surface area contributed by atoms with E-state index in [4.69, 9.17) is 27.9 Å². The average molecular weight is 316 g/mol. The number of likely N-dealkylation sites (tertiary alicyclic amines) is 1. The first-order valence-electron chi connectivity index (χ1n) is 6.87. The van der Waals surface area contributed by atoms with Crippen LogP contribution in [0.3, 0.4) is 0 Å². The zero-order valence-corrected chi connectivity index (χ0v) is 13.2. The lowest BCUT2D eigenvalue weighted by molar-refractivity contribution is -0.0236. The van der Waals surface area contributed by atoms with Gasteiger partial charge < -0.3 is 9.64 Å². The number of hydrogen-bond acceptors (Lipinski definition) is 2. The van der Waals surface area contributed by atoms with Crippen molar-refractivity contribution >= 4 is 29.1 Å². The van der Waals surface area contributed by atoms with E-state index in [1.165, 1.54) is 0 Å². The summed E-state index contributed by atoms with van der Waals surface area (Å²) >= 11 is 11.9. The Balaban J connectivity index is 1.98. The van der Waals surface area contributed by atoms with Crippen molar-refractivity contribution < 1.29 is 9.53 Å². The fraction of sp³-hybridized carbons (Fsp3) is 0.533. The third-order valence-corrected chi connectivity index (χ3v) is 3.90. The van der Waals surface area contributed by atoms with E-state index >= 15 is 0 Å². The Morgan fingerprint density at radius 3 is 2.50 bits per heavy atom. The average Bonchev–Trinajstić information content (AvgIpc) is 2.38. The first-order chi connectivity index (χ1) is 9.47. The van der Waals surface area contributed by atoms with Crippen LogP contribution in [0.2, 0.25) is 10.0 Å². The summed E-state index contributed by atoms with van der Waals surface area (Å²) in [7, 11) is 0. The number of carbonyl (C=O) groups is 1. The Labute approximate surface area is 129 Å². The molecule has 3 nitrogen and oxygen atoms in total. The number of amides is 1. The van der Waals surface area contributed by atoms with Crippen molar-refractivity contribution in [1.82, 2.24) is 4.90 Å². The molecule has 0 saturated carbocycles. The van der Waals surface area contributed by atoms with Crippen LogP contribution < -0.4 is 0 Å².